The number of carbonyl (C=O) groups excluding carboxylic acids is 2. The van der Waals surface area contributed by atoms with Gasteiger partial charge in [0.15, 0.2) is 0 Å². The Kier molecular flexibility index (Phi) is 5.23. The molecule has 0 saturated heterocycles. The molecule has 3 aromatic rings. The highest BCUT2D eigenvalue weighted by molar-refractivity contribution is 8.04. The maximum absolute atomic E-state index is 13.3. The summed E-state index contributed by atoms with van der Waals surface area (Å²) in [5, 5.41) is 0. The first-order valence-corrected chi connectivity index (χ1v) is 9.96. The summed E-state index contributed by atoms with van der Waals surface area (Å²) in [7, 11) is 1.59. The Morgan fingerprint density at radius 3 is 2.31 bits per heavy atom. The molecule has 0 aliphatic carbocycles. The van der Waals surface area contributed by atoms with Crippen molar-refractivity contribution in [3.8, 4) is 5.75 Å². The number of nitrogens with zero attached hydrogens (tertiary/aromatic N) is 1. The van der Waals surface area contributed by atoms with E-state index in [0.717, 1.165) is 10.5 Å². The zero-order chi connectivity index (χ0) is 20.4. The van der Waals surface area contributed by atoms with E-state index in [1.54, 1.807) is 49.7 Å². The van der Waals surface area contributed by atoms with Crippen molar-refractivity contribution in [2.45, 2.75) is 11.8 Å². The van der Waals surface area contributed by atoms with Crippen LogP contribution >= 0.6 is 11.8 Å². The number of methoxy groups -OCH3 is 1. The zero-order valence-corrected chi connectivity index (χ0v) is 16.9. The van der Waals surface area contributed by atoms with Crippen molar-refractivity contribution in [3.05, 3.63) is 101 Å². The molecule has 29 heavy (non-hydrogen) atoms. The summed E-state index contributed by atoms with van der Waals surface area (Å²) in [5.41, 5.74) is 2.96. The molecule has 1 amide bonds. The molecule has 0 radical (unpaired) electrons. The number of hydrogen-bond acceptors (Lipinski definition) is 4. The SMILES string of the molecule is COc1ccc(N(/C=C2\Sc3ccccc3C2=O)C(=O)c2ccc(C)cc2)cc1. The van der Waals surface area contributed by atoms with Gasteiger partial charge in [-0.3, -0.25) is 14.5 Å². The molecule has 0 N–H and O–H groups in total. The van der Waals surface area contributed by atoms with Crippen LogP contribution in [0.3, 0.4) is 0 Å². The van der Waals surface area contributed by atoms with Crippen molar-refractivity contribution < 1.29 is 14.3 Å². The second kappa shape index (κ2) is 7.97. The fraction of sp³-hybridized carbons (Fsp3) is 0.0833. The molecule has 1 aliphatic heterocycles. The smallest absolute Gasteiger partial charge is 0.262 e. The number of benzene rings is 3. The maximum atomic E-state index is 13.3. The maximum Gasteiger partial charge on any atom is 0.262 e. The summed E-state index contributed by atoms with van der Waals surface area (Å²) in [4.78, 5) is 29.1. The highest BCUT2D eigenvalue weighted by atomic mass is 32.2. The number of carbonyl (C=O) groups is 2. The van der Waals surface area contributed by atoms with Gasteiger partial charge in [0.25, 0.3) is 5.91 Å². The molecular weight excluding hydrogens is 382 g/mol. The molecule has 0 aromatic heterocycles. The van der Waals surface area contributed by atoms with Crippen LogP contribution in [0.25, 0.3) is 0 Å². The van der Waals surface area contributed by atoms with E-state index in [0.29, 0.717) is 27.5 Å². The first kappa shape index (κ1) is 19.0. The standard InChI is InChI=1S/C24H19NO3S/c1-16-7-9-17(10-8-16)24(27)25(18-11-13-19(28-2)14-12-18)15-22-23(26)20-5-3-4-6-21(20)29-22/h3-15H,1-2H3/b22-15-. The van der Waals surface area contributed by atoms with Gasteiger partial charge in [-0.2, -0.15) is 0 Å². The summed E-state index contributed by atoms with van der Waals surface area (Å²) in [6.45, 7) is 1.97. The minimum Gasteiger partial charge on any atom is -0.497 e. The average molecular weight is 401 g/mol. The third kappa shape index (κ3) is 3.82. The normalized spacial score (nSPS) is 14.0. The van der Waals surface area contributed by atoms with Crippen molar-refractivity contribution >= 4 is 29.1 Å². The Balaban J connectivity index is 1.75. The number of aryl methyl sites for hydroxylation is 1. The molecule has 5 heteroatoms. The largest absolute Gasteiger partial charge is 0.497 e. The van der Waals surface area contributed by atoms with E-state index in [1.807, 2.05) is 43.3 Å². The fourth-order valence-corrected chi connectivity index (χ4v) is 4.09. The molecule has 1 aliphatic rings. The molecule has 0 spiro atoms. The lowest BCUT2D eigenvalue weighted by Gasteiger charge is -2.20. The second-order valence-corrected chi connectivity index (χ2v) is 7.74. The fourth-order valence-electron chi connectivity index (χ4n) is 3.07. The molecule has 4 rings (SSSR count). The number of anilines is 1. The van der Waals surface area contributed by atoms with Gasteiger partial charge >= 0.3 is 0 Å². The van der Waals surface area contributed by atoms with Gasteiger partial charge in [-0.15, -0.1) is 0 Å². The molecule has 3 aromatic carbocycles. The molecule has 0 unspecified atom stereocenters. The summed E-state index contributed by atoms with van der Waals surface area (Å²) in [6, 6.07) is 22.1. The van der Waals surface area contributed by atoms with Crippen LogP contribution in [0.4, 0.5) is 5.69 Å². The lowest BCUT2D eigenvalue weighted by Crippen LogP contribution is -2.26. The van der Waals surface area contributed by atoms with E-state index >= 15 is 0 Å². The van der Waals surface area contributed by atoms with Crippen molar-refractivity contribution in [1.29, 1.82) is 0 Å². The molecule has 0 saturated carbocycles. The van der Waals surface area contributed by atoms with Gasteiger partial charge < -0.3 is 4.74 Å². The van der Waals surface area contributed by atoms with Crippen LogP contribution < -0.4 is 9.64 Å². The minimum atomic E-state index is -0.202. The third-order valence-corrected chi connectivity index (χ3v) is 5.78. The zero-order valence-electron chi connectivity index (χ0n) is 16.1. The van der Waals surface area contributed by atoms with E-state index in [4.69, 9.17) is 4.74 Å². The van der Waals surface area contributed by atoms with Gasteiger partial charge in [0.1, 0.15) is 5.75 Å². The first-order valence-electron chi connectivity index (χ1n) is 9.14. The van der Waals surface area contributed by atoms with Crippen molar-refractivity contribution in [3.63, 3.8) is 0 Å². The van der Waals surface area contributed by atoms with E-state index in [1.165, 1.54) is 16.7 Å². The van der Waals surface area contributed by atoms with Crippen LogP contribution in [-0.4, -0.2) is 18.8 Å². The Hall–Kier alpha value is -3.31. The summed E-state index contributed by atoms with van der Waals surface area (Å²) in [6.07, 6.45) is 1.64. The Labute approximate surface area is 173 Å². The summed E-state index contributed by atoms with van der Waals surface area (Å²) in [5.74, 6) is 0.427. The van der Waals surface area contributed by atoms with E-state index in [-0.39, 0.29) is 11.7 Å². The van der Waals surface area contributed by atoms with Gasteiger partial charge in [0, 0.05) is 27.9 Å². The number of thioether (sulfide) groups is 1. The van der Waals surface area contributed by atoms with Crippen molar-refractivity contribution in [2.24, 2.45) is 0 Å². The number of allylic oxidation sites excluding steroid dienone is 1. The number of rotatable bonds is 4. The van der Waals surface area contributed by atoms with Crippen molar-refractivity contribution in [2.75, 3.05) is 12.0 Å². The van der Waals surface area contributed by atoms with Gasteiger partial charge in [-0.25, -0.2) is 0 Å². The molecule has 0 bridgehead atoms. The van der Waals surface area contributed by atoms with Gasteiger partial charge in [0.05, 0.1) is 12.0 Å². The van der Waals surface area contributed by atoms with Crippen molar-refractivity contribution in [1.82, 2.24) is 0 Å². The van der Waals surface area contributed by atoms with E-state index < -0.39 is 0 Å². The van der Waals surface area contributed by atoms with Crippen LogP contribution in [0.5, 0.6) is 5.75 Å². The van der Waals surface area contributed by atoms with Crippen LogP contribution in [0.2, 0.25) is 0 Å². The van der Waals surface area contributed by atoms with E-state index in [9.17, 15) is 9.59 Å². The second-order valence-electron chi connectivity index (χ2n) is 6.66. The number of amides is 1. The van der Waals surface area contributed by atoms with E-state index in [2.05, 4.69) is 0 Å². The van der Waals surface area contributed by atoms with Gasteiger partial charge in [-0.05, 0) is 55.5 Å². The number of ketones is 1. The predicted molar refractivity (Wildman–Crippen MR) is 116 cm³/mol. The van der Waals surface area contributed by atoms with Gasteiger partial charge in [-0.1, -0.05) is 41.6 Å². The molecule has 4 nitrogen and oxygen atoms in total. The molecule has 0 fully saturated rings. The van der Waals surface area contributed by atoms with Crippen LogP contribution in [0.15, 0.2) is 88.8 Å². The molecule has 0 atom stereocenters. The Morgan fingerprint density at radius 2 is 1.66 bits per heavy atom. The Morgan fingerprint density at radius 1 is 0.966 bits per heavy atom. The third-order valence-electron chi connectivity index (χ3n) is 4.69. The number of hydrogen-bond donors (Lipinski definition) is 0. The van der Waals surface area contributed by atoms with Gasteiger partial charge in [0.2, 0.25) is 5.78 Å². The molecule has 1 heterocycles. The quantitative estimate of drug-likeness (QED) is 0.543. The molecule has 144 valence electrons. The first-order chi connectivity index (χ1) is 14.1. The summed E-state index contributed by atoms with van der Waals surface area (Å²) < 4.78 is 5.22. The minimum absolute atomic E-state index is 0.0687. The lowest BCUT2D eigenvalue weighted by atomic mass is 10.1. The number of ether oxygens (including phenoxy) is 1. The average Bonchev–Trinajstić information content (AvgIpc) is 3.08. The predicted octanol–water partition coefficient (Wildman–Crippen LogP) is 5.48. The summed E-state index contributed by atoms with van der Waals surface area (Å²) >= 11 is 1.38. The van der Waals surface area contributed by atoms with Crippen LogP contribution in [0.1, 0.15) is 26.3 Å². The number of fused-ring (bicyclic) bond motifs is 1. The monoisotopic (exact) mass is 401 g/mol. The van der Waals surface area contributed by atoms with Crippen LogP contribution in [-0.2, 0) is 0 Å². The lowest BCUT2D eigenvalue weighted by molar-refractivity contribution is 0.0997. The molecular formula is C24H19NO3S. The topological polar surface area (TPSA) is 46.6 Å². The highest BCUT2D eigenvalue weighted by Gasteiger charge is 2.27. The highest BCUT2D eigenvalue weighted by Crippen LogP contribution is 2.40. The van der Waals surface area contributed by atoms with Crippen LogP contribution in [0, 0.1) is 6.92 Å². The Bertz CT molecular complexity index is 1100. The number of Topliss-reactive ketones (excluding diaryl/α,β-unsaturated/α-hetero) is 1.